The summed E-state index contributed by atoms with van der Waals surface area (Å²) in [6.07, 6.45) is 3.90. The van der Waals surface area contributed by atoms with Crippen LogP contribution in [0.4, 0.5) is 4.79 Å². The summed E-state index contributed by atoms with van der Waals surface area (Å²) >= 11 is 1.48. The average molecular weight is 351 g/mol. The molecular weight excluding hydrogens is 324 g/mol. The highest BCUT2D eigenvalue weighted by atomic mass is 32.2. The minimum atomic E-state index is -1.19. The van der Waals surface area contributed by atoms with Crippen LogP contribution >= 0.6 is 11.8 Å². The molecule has 2 atom stereocenters. The fourth-order valence-corrected chi connectivity index (χ4v) is 3.08. The maximum atomic E-state index is 11.9. The quantitative estimate of drug-likeness (QED) is 0.491. The van der Waals surface area contributed by atoms with Crippen molar-refractivity contribution in [3.63, 3.8) is 0 Å². The summed E-state index contributed by atoms with van der Waals surface area (Å²) < 4.78 is 18.9. The Morgan fingerprint density at radius 2 is 2.18 bits per heavy atom. The summed E-state index contributed by atoms with van der Waals surface area (Å²) in [4.78, 5) is 11.5. The molecule has 2 unspecified atom stereocenters. The predicted octanol–water partition coefficient (Wildman–Crippen LogP) is 2.06. The van der Waals surface area contributed by atoms with E-state index in [0.717, 1.165) is 0 Å². The normalized spacial score (nSPS) is 14.8. The van der Waals surface area contributed by atoms with Crippen LogP contribution in [-0.2, 0) is 15.7 Å². The second-order valence-corrected chi connectivity index (χ2v) is 7.77. The molecule has 0 saturated heterocycles. The van der Waals surface area contributed by atoms with Gasteiger partial charge < -0.3 is 9.84 Å². The Bertz CT molecular complexity index is 408. The van der Waals surface area contributed by atoms with Crippen LogP contribution in [0.15, 0.2) is 24.1 Å². The number of hydrogen-bond acceptors (Lipinski definition) is 5. The van der Waals surface area contributed by atoms with Gasteiger partial charge in [0.1, 0.15) is 12.8 Å². The fourth-order valence-electron chi connectivity index (χ4n) is 1.38. The summed E-state index contributed by atoms with van der Waals surface area (Å²) in [7, 11) is -1.19. The summed E-state index contributed by atoms with van der Waals surface area (Å²) in [5.41, 5.74) is -0.327. The number of hydrogen-bond donors (Lipinski definition) is 2. The van der Waals surface area contributed by atoms with Crippen molar-refractivity contribution in [2.24, 2.45) is 5.41 Å². The van der Waals surface area contributed by atoms with Gasteiger partial charge in [0.15, 0.2) is 0 Å². The van der Waals surface area contributed by atoms with E-state index in [2.05, 4.69) is 11.9 Å². The standard InChI is InChI=1S/C14H26N2O4S2/c1-6-7-8-21-11-16(22(5)19)9-12(14(2,3)4)20-13(18)15-10-17/h6-8,12,17H,1,9-11H2,2-5H3,(H,15,18)/b8-7-. The Balaban J connectivity index is 4.82. The van der Waals surface area contributed by atoms with Crippen molar-refractivity contribution >= 4 is 28.8 Å². The van der Waals surface area contributed by atoms with E-state index in [1.807, 2.05) is 26.2 Å². The minimum Gasteiger partial charge on any atom is -0.444 e. The van der Waals surface area contributed by atoms with E-state index in [4.69, 9.17) is 9.84 Å². The summed E-state index contributed by atoms with van der Waals surface area (Å²) in [5.74, 6) is 0.505. The van der Waals surface area contributed by atoms with E-state index in [-0.39, 0.29) is 5.41 Å². The molecule has 0 radical (unpaired) electrons. The van der Waals surface area contributed by atoms with Gasteiger partial charge in [-0.2, -0.15) is 0 Å². The molecule has 0 aliphatic carbocycles. The Morgan fingerprint density at radius 1 is 1.55 bits per heavy atom. The molecule has 22 heavy (non-hydrogen) atoms. The molecule has 0 aromatic rings. The highest BCUT2D eigenvalue weighted by molar-refractivity contribution is 8.02. The first kappa shape index (κ1) is 21.2. The number of carbonyl (C=O) groups excluding carboxylic acids is 1. The molecule has 0 spiro atoms. The van der Waals surface area contributed by atoms with Gasteiger partial charge in [0.25, 0.3) is 0 Å². The number of nitrogens with zero attached hydrogens (tertiary/aromatic N) is 1. The topological polar surface area (TPSA) is 78.9 Å². The zero-order valence-corrected chi connectivity index (χ0v) is 15.2. The van der Waals surface area contributed by atoms with Crippen molar-refractivity contribution in [2.45, 2.75) is 26.9 Å². The van der Waals surface area contributed by atoms with Crippen LogP contribution in [0, 0.1) is 5.41 Å². The van der Waals surface area contributed by atoms with Crippen molar-refractivity contribution < 1.29 is 18.8 Å². The molecule has 0 bridgehead atoms. The summed E-state index contributed by atoms with van der Waals surface area (Å²) in [6.45, 7) is 9.24. The van der Waals surface area contributed by atoms with Gasteiger partial charge in [-0.3, -0.25) is 5.32 Å². The van der Waals surface area contributed by atoms with Crippen LogP contribution in [-0.4, -0.2) is 51.2 Å². The molecule has 0 aromatic carbocycles. The van der Waals surface area contributed by atoms with Crippen molar-refractivity contribution in [1.29, 1.82) is 0 Å². The smallest absolute Gasteiger partial charge is 0.409 e. The van der Waals surface area contributed by atoms with Gasteiger partial charge in [-0.05, 0) is 5.41 Å². The number of nitrogens with one attached hydrogen (secondary N) is 1. The van der Waals surface area contributed by atoms with Gasteiger partial charge in [0, 0.05) is 11.7 Å². The third-order valence-electron chi connectivity index (χ3n) is 2.70. The highest BCUT2D eigenvalue weighted by Gasteiger charge is 2.31. The monoisotopic (exact) mass is 350 g/mol. The third kappa shape index (κ3) is 9.24. The minimum absolute atomic E-state index is 0.327. The largest absolute Gasteiger partial charge is 0.444 e. The molecule has 0 rings (SSSR count). The number of carbonyl (C=O) groups is 1. The SMILES string of the molecule is C=C/C=C\SCN(CC(OC(=O)NCO)C(C)(C)C)S(C)=O. The maximum absolute atomic E-state index is 11.9. The molecule has 0 aromatic heterocycles. The van der Waals surface area contributed by atoms with Gasteiger partial charge in [-0.15, -0.1) is 11.8 Å². The van der Waals surface area contributed by atoms with E-state index in [9.17, 15) is 9.00 Å². The Hall–Kier alpha value is -0.830. The fraction of sp³-hybridized carbons (Fsp3) is 0.643. The second kappa shape index (κ2) is 10.8. The molecule has 6 nitrogen and oxygen atoms in total. The van der Waals surface area contributed by atoms with E-state index in [1.54, 1.807) is 22.7 Å². The molecule has 8 heteroatoms. The number of alkyl carbamates (subject to hydrolysis) is 1. The van der Waals surface area contributed by atoms with Gasteiger partial charge in [0.2, 0.25) is 0 Å². The van der Waals surface area contributed by atoms with Gasteiger partial charge in [0.05, 0.1) is 23.4 Å². The number of aliphatic hydroxyl groups is 1. The molecule has 2 N–H and O–H groups in total. The maximum Gasteiger partial charge on any atom is 0.409 e. The molecule has 0 heterocycles. The summed E-state index contributed by atoms with van der Waals surface area (Å²) in [5, 5.41) is 12.7. The first-order chi connectivity index (χ1) is 10.2. The number of allylic oxidation sites excluding steroid dienone is 2. The lowest BCUT2D eigenvalue weighted by Gasteiger charge is -2.33. The van der Waals surface area contributed by atoms with Crippen LogP contribution in [0.3, 0.4) is 0 Å². The zero-order valence-electron chi connectivity index (χ0n) is 13.6. The number of aliphatic hydroxyl groups excluding tert-OH is 1. The van der Waals surface area contributed by atoms with Crippen molar-refractivity contribution in [2.75, 3.05) is 25.4 Å². The van der Waals surface area contributed by atoms with Crippen LogP contribution in [0.25, 0.3) is 0 Å². The lowest BCUT2D eigenvalue weighted by molar-refractivity contribution is 0.0197. The molecular formula is C14H26N2O4S2. The summed E-state index contributed by atoms with van der Waals surface area (Å²) in [6, 6.07) is 0. The van der Waals surface area contributed by atoms with Crippen LogP contribution in [0.2, 0.25) is 0 Å². The van der Waals surface area contributed by atoms with Gasteiger partial charge in [-0.1, -0.05) is 39.5 Å². The molecule has 128 valence electrons. The molecule has 0 saturated carbocycles. The van der Waals surface area contributed by atoms with Crippen molar-refractivity contribution in [1.82, 2.24) is 9.62 Å². The number of ether oxygens (including phenoxy) is 1. The predicted molar refractivity (Wildman–Crippen MR) is 92.5 cm³/mol. The highest BCUT2D eigenvalue weighted by Crippen LogP contribution is 2.24. The number of rotatable bonds is 9. The van der Waals surface area contributed by atoms with Gasteiger partial charge in [-0.25, -0.2) is 13.3 Å². The zero-order chi connectivity index (χ0) is 17.2. The third-order valence-corrected chi connectivity index (χ3v) is 4.68. The number of thioether (sulfide) groups is 1. The van der Waals surface area contributed by atoms with Crippen LogP contribution in [0.5, 0.6) is 0 Å². The molecule has 0 aliphatic rings. The Labute approximate surface area is 139 Å². The van der Waals surface area contributed by atoms with E-state index in [0.29, 0.717) is 12.4 Å². The lowest BCUT2D eigenvalue weighted by atomic mass is 9.89. The van der Waals surface area contributed by atoms with Crippen LogP contribution < -0.4 is 5.32 Å². The van der Waals surface area contributed by atoms with E-state index < -0.39 is 29.9 Å². The Kier molecular flexibility index (Phi) is 10.4. The van der Waals surface area contributed by atoms with Crippen LogP contribution in [0.1, 0.15) is 20.8 Å². The van der Waals surface area contributed by atoms with Crippen molar-refractivity contribution in [3.05, 3.63) is 24.1 Å². The first-order valence-corrected chi connectivity index (χ1v) is 9.31. The molecule has 0 aliphatic heterocycles. The first-order valence-electron chi connectivity index (χ1n) is 6.75. The lowest BCUT2D eigenvalue weighted by Crippen LogP contribution is -2.44. The van der Waals surface area contributed by atoms with Gasteiger partial charge >= 0.3 is 6.09 Å². The molecule has 1 amide bonds. The van der Waals surface area contributed by atoms with E-state index in [1.165, 1.54) is 11.8 Å². The second-order valence-electron chi connectivity index (χ2n) is 5.54. The molecule has 0 fully saturated rings. The average Bonchev–Trinajstić information content (AvgIpc) is 2.39. The van der Waals surface area contributed by atoms with Crippen molar-refractivity contribution in [3.8, 4) is 0 Å². The number of amides is 1. The Morgan fingerprint density at radius 3 is 2.64 bits per heavy atom. The van der Waals surface area contributed by atoms with E-state index >= 15 is 0 Å².